The molecular weight excluding hydrogens is 978 g/mol. The monoisotopic (exact) mass is 1110 g/mol. The lowest BCUT2D eigenvalue weighted by Gasteiger charge is -2.24. The minimum atomic E-state index is -4.38. The maximum atomic E-state index is 12.8. The molecule has 0 saturated carbocycles. The Morgan fingerprint density at radius 1 is 0.390 bits per heavy atom. The van der Waals surface area contributed by atoms with Gasteiger partial charge in [-0.25, -0.2) is 4.57 Å². The van der Waals surface area contributed by atoms with Gasteiger partial charge in [-0.15, -0.1) is 0 Å². The van der Waals surface area contributed by atoms with Crippen molar-refractivity contribution in [2.75, 3.05) is 47.5 Å². The number of hydrogen-bond acceptors (Lipinski definition) is 7. The fourth-order valence-electron chi connectivity index (χ4n) is 10.3. The first-order valence-corrected chi connectivity index (χ1v) is 35.4. The first kappa shape index (κ1) is 75.8. The Kier molecular flexibility index (Phi) is 58.4. The molecule has 0 rings (SSSR count). The van der Waals surface area contributed by atoms with Gasteiger partial charge in [0.2, 0.25) is 0 Å². The first-order valence-electron chi connectivity index (χ1n) is 33.9. The Bertz CT molecular complexity index is 1300. The molecule has 0 aliphatic carbocycles. The largest absolute Gasteiger partial charge is 0.472 e. The van der Waals surface area contributed by atoms with E-state index in [1.54, 1.807) is 0 Å². The second kappa shape index (κ2) is 59.4. The number of nitrogens with zero attached hydrogens (tertiary/aromatic N) is 1. The Morgan fingerprint density at radius 3 is 0.961 bits per heavy atom. The number of phosphoric ester groups is 1. The summed E-state index contributed by atoms with van der Waals surface area (Å²) in [4.78, 5) is 35.7. The number of hydrogen-bond donors (Lipinski definition) is 1. The van der Waals surface area contributed by atoms with Crippen molar-refractivity contribution in [3.63, 3.8) is 0 Å². The van der Waals surface area contributed by atoms with E-state index in [9.17, 15) is 19.0 Å². The van der Waals surface area contributed by atoms with Gasteiger partial charge >= 0.3 is 19.8 Å². The van der Waals surface area contributed by atoms with E-state index in [1.165, 1.54) is 289 Å². The Balaban J connectivity index is 3.89. The summed E-state index contributed by atoms with van der Waals surface area (Å²) < 4.78 is 34.6. The molecule has 0 aromatic heterocycles. The molecule has 0 aromatic carbocycles. The second-order valence-electron chi connectivity index (χ2n) is 24.6. The summed E-state index contributed by atoms with van der Waals surface area (Å²) in [5.74, 6) is -0.773. The number of quaternary nitrogens is 1. The zero-order valence-electron chi connectivity index (χ0n) is 52.2. The van der Waals surface area contributed by atoms with E-state index in [2.05, 4.69) is 26.0 Å². The van der Waals surface area contributed by atoms with Crippen LogP contribution in [0.1, 0.15) is 354 Å². The number of rotatable bonds is 64. The van der Waals surface area contributed by atoms with Crippen LogP contribution in [0.5, 0.6) is 0 Å². The number of unbranched alkanes of at least 4 members (excludes halogenated alkanes) is 48. The van der Waals surface area contributed by atoms with Gasteiger partial charge in [0.05, 0.1) is 27.7 Å². The van der Waals surface area contributed by atoms with Crippen LogP contribution in [0.15, 0.2) is 12.2 Å². The first-order chi connectivity index (χ1) is 37.5. The SMILES string of the molecule is CCCCCCCCCC/C=C\CCCCCCCCCCCCCCCCCCCCCCCCCCCC(=O)OC(COC(=O)CCCCCCCCCCCCCCCCCC)COP(=O)(O)OCC[N+](C)(C)C. The van der Waals surface area contributed by atoms with Crippen LogP contribution < -0.4 is 0 Å². The standard InChI is InChI=1S/C67H132NO8P/c1-6-8-10-12-14-16-18-20-22-24-25-26-27-28-29-30-31-32-33-34-35-36-37-38-39-40-41-42-43-44-46-48-50-52-54-56-58-60-67(70)76-65(64-75-77(71,72)74-62-61-68(3,4)5)63-73-66(69)59-57-55-53-51-49-47-45-23-21-19-17-15-13-11-9-7-2/h24-25,65H,6-23,26-64H2,1-5H3/p+1/b25-24-. The summed E-state index contributed by atoms with van der Waals surface area (Å²) in [5.41, 5.74) is 0. The van der Waals surface area contributed by atoms with Crippen LogP contribution in [0.2, 0.25) is 0 Å². The molecule has 0 aliphatic rings. The second-order valence-corrected chi connectivity index (χ2v) is 26.0. The number of allylic oxidation sites excluding steroid dienone is 2. The predicted octanol–water partition coefficient (Wildman–Crippen LogP) is 21.6. The topological polar surface area (TPSA) is 108 Å². The molecule has 0 bridgehead atoms. The number of carbonyl (C=O) groups excluding carboxylic acids is 2. The number of carbonyl (C=O) groups is 2. The van der Waals surface area contributed by atoms with Crippen LogP contribution in [-0.4, -0.2) is 74.9 Å². The molecule has 0 heterocycles. The van der Waals surface area contributed by atoms with Gasteiger partial charge in [0.25, 0.3) is 0 Å². The number of phosphoric acid groups is 1. The molecule has 0 aliphatic heterocycles. The van der Waals surface area contributed by atoms with Gasteiger partial charge in [0.1, 0.15) is 19.8 Å². The van der Waals surface area contributed by atoms with Crippen molar-refractivity contribution < 1.29 is 42.1 Å². The highest BCUT2D eigenvalue weighted by atomic mass is 31.2. The quantitative estimate of drug-likeness (QED) is 0.0211. The van der Waals surface area contributed by atoms with E-state index >= 15 is 0 Å². The summed E-state index contributed by atoms with van der Waals surface area (Å²) in [5, 5.41) is 0. The van der Waals surface area contributed by atoms with Crippen molar-refractivity contribution in [1.82, 2.24) is 0 Å². The van der Waals surface area contributed by atoms with Crippen molar-refractivity contribution in [3.8, 4) is 0 Å². The number of likely N-dealkylation sites (N-methyl/N-ethyl adjacent to an activating group) is 1. The van der Waals surface area contributed by atoms with Gasteiger partial charge in [0, 0.05) is 12.8 Å². The van der Waals surface area contributed by atoms with Crippen LogP contribution in [-0.2, 0) is 32.7 Å². The lowest BCUT2D eigenvalue weighted by atomic mass is 10.0. The molecule has 1 N–H and O–H groups in total. The summed E-state index contributed by atoms with van der Waals surface area (Å²) in [7, 11) is 1.50. The Hall–Kier alpha value is -1.25. The molecule has 2 unspecified atom stereocenters. The fraction of sp³-hybridized carbons (Fsp3) is 0.940. The zero-order chi connectivity index (χ0) is 56.3. The molecule has 0 fully saturated rings. The molecule has 0 spiro atoms. The number of esters is 2. The van der Waals surface area contributed by atoms with Crippen LogP contribution >= 0.6 is 7.82 Å². The minimum Gasteiger partial charge on any atom is -0.462 e. The normalized spacial score (nSPS) is 13.2. The van der Waals surface area contributed by atoms with Crippen LogP contribution in [0.4, 0.5) is 0 Å². The van der Waals surface area contributed by atoms with Gasteiger partial charge in [-0.3, -0.25) is 18.6 Å². The average molecular weight is 1110 g/mol. The van der Waals surface area contributed by atoms with Crippen molar-refractivity contribution in [1.29, 1.82) is 0 Å². The molecule has 458 valence electrons. The van der Waals surface area contributed by atoms with Crippen molar-refractivity contribution in [2.45, 2.75) is 360 Å². The van der Waals surface area contributed by atoms with Crippen LogP contribution in [0.25, 0.3) is 0 Å². The average Bonchev–Trinajstić information content (AvgIpc) is 3.39. The van der Waals surface area contributed by atoms with Crippen LogP contribution in [0, 0.1) is 0 Å². The molecular formula is C67H133NO8P+. The summed E-state index contributed by atoms with van der Waals surface area (Å²) in [6.45, 7) is 4.50. The third kappa shape index (κ3) is 63.8. The third-order valence-corrected chi connectivity index (χ3v) is 16.5. The van der Waals surface area contributed by atoms with Crippen LogP contribution in [0.3, 0.4) is 0 Å². The third-order valence-electron chi connectivity index (χ3n) is 15.5. The molecule has 77 heavy (non-hydrogen) atoms. The van der Waals surface area contributed by atoms with Crippen molar-refractivity contribution in [2.24, 2.45) is 0 Å². The summed E-state index contributed by atoms with van der Waals surface area (Å²) in [6.07, 6.45) is 71.9. The molecule has 0 amide bonds. The van der Waals surface area contributed by atoms with E-state index in [-0.39, 0.29) is 25.6 Å². The van der Waals surface area contributed by atoms with Gasteiger partial charge < -0.3 is 18.9 Å². The van der Waals surface area contributed by atoms with Gasteiger partial charge in [-0.2, -0.15) is 0 Å². The zero-order valence-corrected chi connectivity index (χ0v) is 53.1. The van der Waals surface area contributed by atoms with E-state index in [0.29, 0.717) is 17.4 Å². The van der Waals surface area contributed by atoms with Gasteiger partial charge in [-0.1, -0.05) is 315 Å². The molecule has 9 nitrogen and oxygen atoms in total. The Labute approximate surface area is 479 Å². The van der Waals surface area contributed by atoms with E-state index < -0.39 is 26.5 Å². The maximum Gasteiger partial charge on any atom is 0.472 e. The molecule has 10 heteroatoms. The summed E-state index contributed by atoms with van der Waals surface area (Å²) >= 11 is 0. The molecule has 2 atom stereocenters. The highest BCUT2D eigenvalue weighted by Gasteiger charge is 2.27. The highest BCUT2D eigenvalue weighted by Crippen LogP contribution is 2.43. The maximum absolute atomic E-state index is 12.8. The molecule has 0 radical (unpaired) electrons. The number of ether oxygens (including phenoxy) is 2. The Morgan fingerprint density at radius 2 is 0.662 bits per heavy atom. The lowest BCUT2D eigenvalue weighted by molar-refractivity contribution is -0.870. The van der Waals surface area contributed by atoms with Crippen molar-refractivity contribution in [3.05, 3.63) is 12.2 Å². The fourth-order valence-corrected chi connectivity index (χ4v) is 11.1. The molecule has 0 aromatic rings. The lowest BCUT2D eigenvalue weighted by Crippen LogP contribution is -2.37. The summed E-state index contributed by atoms with van der Waals surface area (Å²) in [6, 6.07) is 0. The van der Waals surface area contributed by atoms with Gasteiger partial charge in [-0.05, 0) is 38.5 Å². The highest BCUT2D eigenvalue weighted by molar-refractivity contribution is 7.47. The predicted molar refractivity (Wildman–Crippen MR) is 331 cm³/mol. The van der Waals surface area contributed by atoms with Crippen molar-refractivity contribution >= 4 is 19.8 Å². The smallest absolute Gasteiger partial charge is 0.462 e. The molecule has 0 saturated heterocycles. The van der Waals surface area contributed by atoms with E-state index in [1.807, 2.05) is 21.1 Å². The van der Waals surface area contributed by atoms with E-state index in [4.69, 9.17) is 18.5 Å². The van der Waals surface area contributed by atoms with E-state index in [0.717, 1.165) is 38.5 Å². The minimum absolute atomic E-state index is 0.0367. The van der Waals surface area contributed by atoms with Gasteiger partial charge in [0.15, 0.2) is 6.10 Å².